The van der Waals surface area contributed by atoms with Gasteiger partial charge in [0.25, 0.3) is 0 Å². The Balaban J connectivity index is 1.94. The number of aromatic nitrogens is 3. The van der Waals surface area contributed by atoms with Crippen LogP contribution >= 0.6 is 0 Å². The highest BCUT2D eigenvalue weighted by Crippen LogP contribution is 2.36. The lowest BCUT2D eigenvalue weighted by Crippen LogP contribution is -2.21. The summed E-state index contributed by atoms with van der Waals surface area (Å²) in [6.07, 6.45) is 2.11. The van der Waals surface area contributed by atoms with Gasteiger partial charge in [0, 0.05) is 17.2 Å². The molecule has 148 valence electrons. The number of anilines is 1. The van der Waals surface area contributed by atoms with Gasteiger partial charge in [0.05, 0.1) is 31.7 Å². The first-order chi connectivity index (χ1) is 13.6. The maximum absolute atomic E-state index is 5.71. The summed E-state index contributed by atoms with van der Waals surface area (Å²) in [7, 11) is 1.69. The molecule has 6 heteroatoms. The van der Waals surface area contributed by atoms with E-state index in [-0.39, 0.29) is 0 Å². The summed E-state index contributed by atoms with van der Waals surface area (Å²) < 4.78 is 13.1. The van der Waals surface area contributed by atoms with Gasteiger partial charge in [-0.3, -0.25) is 0 Å². The molecular weight excluding hydrogens is 352 g/mol. The van der Waals surface area contributed by atoms with Crippen LogP contribution in [0.4, 0.5) is 5.82 Å². The lowest BCUT2D eigenvalue weighted by molar-refractivity contribution is 0.133. The van der Waals surface area contributed by atoms with Crippen molar-refractivity contribution in [2.24, 2.45) is 0 Å². The Morgan fingerprint density at radius 1 is 1.21 bits per heavy atom. The number of rotatable bonds is 6. The highest BCUT2D eigenvalue weighted by atomic mass is 16.5. The molecule has 0 atom stereocenters. The third-order valence-corrected chi connectivity index (χ3v) is 5.64. The third-order valence-electron chi connectivity index (χ3n) is 5.64. The van der Waals surface area contributed by atoms with E-state index in [1.807, 2.05) is 10.6 Å². The second-order valence-corrected chi connectivity index (χ2v) is 7.41. The first-order valence-corrected chi connectivity index (χ1v) is 9.97. The van der Waals surface area contributed by atoms with Crippen molar-refractivity contribution in [3.63, 3.8) is 0 Å². The Bertz CT molecular complexity index is 1020. The molecule has 0 amide bonds. The van der Waals surface area contributed by atoms with Crippen LogP contribution in [0.3, 0.4) is 0 Å². The molecule has 1 N–H and O–H groups in total. The second-order valence-electron chi connectivity index (χ2n) is 7.41. The molecule has 0 spiro atoms. The molecule has 4 rings (SSSR count). The molecule has 0 saturated carbocycles. The number of hydrogen-bond acceptors (Lipinski definition) is 5. The number of aryl methyl sites for hydroxylation is 2. The predicted octanol–water partition coefficient (Wildman–Crippen LogP) is 4.65. The van der Waals surface area contributed by atoms with E-state index in [9.17, 15) is 0 Å². The van der Waals surface area contributed by atoms with Crippen LogP contribution in [0.15, 0.2) is 18.2 Å². The summed E-state index contributed by atoms with van der Waals surface area (Å²) in [4.78, 5) is 4.96. The lowest BCUT2D eigenvalue weighted by Gasteiger charge is -2.19. The number of nitrogens with zero attached hydrogens (tertiary/aromatic N) is 3. The minimum Gasteiger partial charge on any atom is -0.497 e. The van der Waals surface area contributed by atoms with Crippen molar-refractivity contribution in [2.75, 3.05) is 12.4 Å². The number of ether oxygens (including phenoxy) is 2. The molecule has 0 unspecified atom stereocenters. The van der Waals surface area contributed by atoms with Gasteiger partial charge in [-0.1, -0.05) is 19.9 Å². The molecule has 28 heavy (non-hydrogen) atoms. The minimum atomic E-state index is 0.394. The Kier molecular flexibility index (Phi) is 4.98. The Labute approximate surface area is 165 Å². The molecule has 3 heterocycles. The van der Waals surface area contributed by atoms with E-state index in [1.54, 1.807) is 7.11 Å². The van der Waals surface area contributed by atoms with Crippen LogP contribution in [0.25, 0.3) is 16.8 Å². The van der Waals surface area contributed by atoms with E-state index in [0.717, 1.165) is 63.7 Å². The van der Waals surface area contributed by atoms with Crippen molar-refractivity contribution < 1.29 is 9.47 Å². The smallest absolute Gasteiger partial charge is 0.165 e. The number of hydrogen-bond donors (Lipinski definition) is 1. The van der Waals surface area contributed by atoms with Crippen molar-refractivity contribution in [1.82, 2.24) is 14.6 Å². The average Bonchev–Trinajstić information content (AvgIpc) is 3.29. The first-order valence-electron chi connectivity index (χ1n) is 9.97. The molecule has 2 aromatic heterocycles. The SMILES string of the molecule is CCC(CC)Nc1c2c(nc3c(-c4ccc(OC)cc4C)c(C)nn13)COC2. The predicted molar refractivity (Wildman–Crippen MR) is 111 cm³/mol. The van der Waals surface area contributed by atoms with Gasteiger partial charge >= 0.3 is 0 Å². The molecule has 3 aromatic rings. The summed E-state index contributed by atoms with van der Waals surface area (Å²) in [5, 5.41) is 8.58. The van der Waals surface area contributed by atoms with Gasteiger partial charge in [-0.25, -0.2) is 4.98 Å². The number of methoxy groups -OCH3 is 1. The zero-order valence-electron chi connectivity index (χ0n) is 17.3. The normalized spacial score (nSPS) is 13.4. The fourth-order valence-corrected chi connectivity index (χ4v) is 3.95. The standard InChI is InChI=1S/C22H28N4O2/c1-6-15(7-2)23-21-18-11-28-12-19(18)24-22-20(14(4)25-26(21)22)17-9-8-16(27-5)10-13(17)3/h8-10,15,23H,6-7,11-12H2,1-5H3. The number of fused-ring (bicyclic) bond motifs is 2. The first kappa shape index (κ1) is 18.7. The van der Waals surface area contributed by atoms with Gasteiger partial charge in [0.1, 0.15) is 11.6 Å². The van der Waals surface area contributed by atoms with Crippen LogP contribution in [0.5, 0.6) is 5.75 Å². The maximum Gasteiger partial charge on any atom is 0.165 e. The van der Waals surface area contributed by atoms with Gasteiger partial charge in [-0.2, -0.15) is 9.61 Å². The topological polar surface area (TPSA) is 60.7 Å². The van der Waals surface area contributed by atoms with Crippen molar-refractivity contribution in [1.29, 1.82) is 0 Å². The largest absolute Gasteiger partial charge is 0.497 e. The van der Waals surface area contributed by atoms with E-state index < -0.39 is 0 Å². The zero-order chi connectivity index (χ0) is 19.8. The Morgan fingerprint density at radius 2 is 2.00 bits per heavy atom. The van der Waals surface area contributed by atoms with Crippen LogP contribution in [0.1, 0.15) is 49.2 Å². The van der Waals surface area contributed by atoms with Crippen molar-refractivity contribution in [2.45, 2.75) is 59.8 Å². The van der Waals surface area contributed by atoms with Crippen molar-refractivity contribution >= 4 is 11.5 Å². The van der Waals surface area contributed by atoms with E-state index in [1.165, 1.54) is 0 Å². The van der Waals surface area contributed by atoms with Gasteiger partial charge in [0.15, 0.2) is 5.65 Å². The maximum atomic E-state index is 5.71. The fraction of sp³-hybridized carbons (Fsp3) is 0.455. The summed E-state index contributed by atoms with van der Waals surface area (Å²) in [5.41, 5.74) is 7.33. The molecule has 1 aliphatic heterocycles. The fourth-order valence-electron chi connectivity index (χ4n) is 3.95. The molecule has 1 aromatic carbocycles. The zero-order valence-corrected chi connectivity index (χ0v) is 17.3. The number of benzene rings is 1. The second kappa shape index (κ2) is 7.43. The summed E-state index contributed by atoms with van der Waals surface area (Å²) >= 11 is 0. The summed E-state index contributed by atoms with van der Waals surface area (Å²) in [6, 6.07) is 6.53. The summed E-state index contributed by atoms with van der Waals surface area (Å²) in [5.74, 6) is 1.88. The average molecular weight is 380 g/mol. The van der Waals surface area contributed by atoms with Gasteiger partial charge in [0.2, 0.25) is 0 Å². The van der Waals surface area contributed by atoms with Crippen molar-refractivity contribution in [3.05, 3.63) is 40.7 Å². The van der Waals surface area contributed by atoms with Gasteiger partial charge in [-0.15, -0.1) is 0 Å². The van der Waals surface area contributed by atoms with E-state index in [0.29, 0.717) is 19.3 Å². The molecule has 0 saturated heterocycles. The molecule has 6 nitrogen and oxygen atoms in total. The molecule has 0 fully saturated rings. The van der Waals surface area contributed by atoms with Gasteiger partial charge < -0.3 is 14.8 Å². The monoisotopic (exact) mass is 380 g/mol. The van der Waals surface area contributed by atoms with E-state index in [2.05, 4.69) is 45.1 Å². The highest BCUT2D eigenvalue weighted by molar-refractivity contribution is 5.83. The van der Waals surface area contributed by atoms with Crippen LogP contribution in [0.2, 0.25) is 0 Å². The molecule has 0 aliphatic carbocycles. The molecular formula is C22H28N4O2. The molecule has 0 radical (unpaired) electrons. The Morgan fingerprint density at radius 3 is 2.68 bits per heavy atom. The Hall–Kier alpha value is -2.60. The van der Waals surface area contributed by atoms with Crippen LogP contribution in [0, 0.1) is 13.8 Å². The van der Waals surface area contributed by atoms with Crippen LogP contribution in [-0.4, -0.2) is 27.7 Å². The lowest BCUT2D eigenvalue weighted by atomic mass is 10.0. The quantitative estimate of drug-likeness (QED) is 0.674. The van der Waals surface area contributed by atoms with Crippen molar-refractivity contribution in [3.8, 4) is 16.9 Å². The minimum absolute atomic E-state index is 0.394. The van der Waals surface area contributed by atoms with Crippen LogP contribution in [-0.2, 0) is 18.0 Å². The summed E-state index contributed by atoms with van der Waals surface area (Å²) in [6.45, 7) is 9.69. The van der Waals surface area contributed by atoms with Gasteiger partial charge in [-0.05, 0) is 49.9 Å². The highest BCUT2D eigenvalue weighted by Gasteiger charge is 2.26. The van der Waals surface area contributed by atoms with Crippen LogP contribution < -0.4 is 10.1 Å². The number of nitrogens with one attached hydrogen (secondary N) is 1. The third kappa shape index (κ3) is 3.02. The van der Waals surface area contributed by atoms with E-state index >= 15 is 0 Å². The molecule has 1 aliphatic rings. The molecule has 0 bridgehead atoms. The van der Waals surface area contributed by atoms with E-state index in [4.69, 9.17) is 19.6 Å².